The molecule has 0 spiro atoms. The van der Waals surface area contributed by atoms with Crippen molar-refractivity contribution in [3.8, 4) is 0 Å². The predicted octanol–water partition coefficient (Wildman–Crippen LogP) is 1.50. The number of nitrogens with two attached hydrogens (primary N) is 1. The molecule has 1 saturated heterocycles. The largest absolute Gasteiger partial charge is 0.355 e. The molecule has 5 nitrogen and oxygen atoms in total. The molecular formula is C19H29N3O2. The van der Waals surface area contributed by atoms with Gasteiger partial charge in [0, 0.05) is 32.6 Å². The molecule has 2 rings (SSSR count). The van der Waals surface area contributed by atoms with Crippen LogP contribution in [0.1, 0.15) is 37.3 Å². The van der Waals surface area contributed by atoms with Crippen LogP contribution in [0.4, 0.5) is 0 Å². The summed E-state index contributed by atoms with van der Waals surface area (Å²) in [5.41, 5.74) is 7.92. The lowest BCUT2D eigenvalue weighted by atomic mass is 9.96. The number of aryl methyl sites for hydroxylation is 2. The van der Waals surface area contributed by atoms with Crippen LogP contribution < -0.4 is 11.1 Å². The van der Waals surface area contributed by atoms with E-state index in [2.05, 4.69) is 36.5 Å². The molecule has 132 valence electrons. The molecule has 1 aromatic carbocycles. The maximum Gasteiger partial charge on any atom is 0.224 e. The number of carbonyl (C=O) groups excluding carboxylic acids is 2. The molecule has 1 aliphatic rings. The van der Waals surface area contributed by atoms with Crippen molar-refractivity contribution in [3.63, 3.8) is 0 Å². The van der Waals surface area contributed by atoms with Crippen LogP contribution in [0.5, 0.6) is 0 Å². The van der Waals surface area contributed by atoms with Crippen molar-refractivity contribution in [1.29, 1.82) is 0 Å². The van der Waals surface area contributed by atoms with Crippen LogP contribution in [-0.2, 0) is 22.4 Å². The van der Waals surface area contributed by atoms with Crippen molar-refractivity contribution in [1.82, 2.24) is 10.2 Å². The molecule has 0 bridgehead atoms. The van der Waals surface area contributed by atoms with Crippen molar-refractivity contribution in [2.45, 2.75) is 39.0 Å². The average Bonchev–Trinajstić information content (AvgIpc) is 2.64. The van der Waals surface area contributed by atoms with Gasteiger partial charge in [-0.3, -0.25) is 9.59 Å². The van der Waals surface area contributed by atoms with Crippen molar-refractivity contribution >= 4 is 11.8 Å². The molecule has 5 heteroatoms. The highest BCUT2D eigenvalue weighted by molar-refractivity contribution is 5.81. The number of hydrogen-bond donors (Lipinski definition) is 2. The van der Waals surface area contributed by atoms with Gasteiger partial charge in [-0.05, 0) is 36.8 Å². The SMILES string of the molecule is CCc1ccc(CCC(=O)N2CCCC(C(=O)NCCN)C2)cc1. The molecule has 0 saturated carbocycles. The van der Waals surface area contributed by atoms with E-state index < -0.39 is 0 Å². The van der Waals surface area contributed by atoms with Gasteiger partial charge in [-0.1, -0.05) is 31.2 Å². The molecule has 1 unspecified atom stereocenters. The van der Waals surface area contributed by atoms with Crippen LogP contribution in [0.25, 0.3) is 0 Å². The monoisotopic (exact) mass is 331 g/mol. The first-order valence-electron chi connectivity index (χ1n) is 8.97. The van der Waals surface area contributed by atoms with Crippen LogP contribution in [0, 0.1) is 5.92 Å². The molecule has 1 aliphatic heterocycles. The normalized spacial score (nSPS) is 17.6. The molecule has 1 aromatic rings. The van der Waals surface area contributed by atoms with Gasteiger partial charge in [0.1, 0.15) is 0 Å². The second kappa shape index (κ2) is 9.42. The van der Waals surface area contributed by atoms with Crippen LogP contribution in [0.15, 0.2) is 24.3 Å². The molecule has 3 N–H and O–H groups in total. The van der Waals surface area contributed by atoms with Crippen molar-refractivity contribution in [2.24, 2.45) is 11.7 Å². The Morgan fingerprint density at radius 1 is 1.25 bits per heavy atom. The van der Waals surface area contributed by atoms with Crippen molar-refractivity contribution < 1.29 is 9.59 Å². The minimum Gasteiger partial charge on any atom is -0.355 e. The van der Waals surface area contributed by atoms with E-state index in [4.69, 9.17) is 5.73 Å². The standard InChI is InChI=1S/C19H29N3O2/c1-2-15-5-7-16(8-6-15)9-10-18(23)22-13-3-4-17(14-22)19(24)21-12-11-20/h5-8,17H,2-4,9-14,20H2,1H3,(H,21,24). The van der Waals surface area contributed by atoms with Crippen LogP contribution in [0.2, 0.25) is 0 Å². The number of likely N-dealkylation sites (tertiary alicyclic amines) is 1. The summed E-state index contributed by atoms with van der Waals surface area (Å²) >= 11 is 0. The summed E-state index contributed by atoms with van der Waals surface area (Å²) in [5.74, 6) is 0.0667. The summed E-state index contributed by atoms with van der Waals surface area (Å²) in [6.45, 7) is 4.36. The summed E-state index contributed by atoms with van der Waals surface area (Å²) in [6, 6.07) is 8.45. The first-order chi connectivity index (χ1) is 11.6. The number of piperidine rings is 1. The van der Waals surface area contributed by atoms with Crippen molar-refractivity contribution in [2.75, 3.05) is 26.2 Å². The Morgan fingerprint density at radius 3 is 2.62 bits per heavy atom. The quantitative estimate of drug-likeness (QED) is 0.795. The van der Waals surface area contributed by atoms with Gasteiger partial charge in [0.25, 0.3) is 0 Å². The van der Waals surface area contributed by atoms with Gasteiger partial charge in [-0.2, -0.15) is 0 Å². The molecule has 1 heterocycles. The van der Waals surface area contributed by atoms with Gasteiger partial charge in [0.15, 0.2) is 0 Å². The third kappa shape index (κ3) is 5.34. The molecule has 1 fully saturated rings. The molecule has 0 aromatic heterocycles. The summed E-state index contributed by atoms with van der Waals surface area (Å²) in [6.07, 6.45) is 4.02. The van der Waals surface area contributed by atoms with Gasteiger partial charge in [0.05, 0.1) is 5.92 Å². The lowest BCUT2D eigenvalue weighted by Gasteiger charge is -2.32. The van der Waals surface area contributed by atoms with E-state index >= 15 is 0 Å². The molecule has 0 radical (unpaired) electrons. The predicted molar refractivity (Wildman–Crippen MR) is 95.5 cm³/mol. The Bertz CT molecular complexity index is 542. The van der Waals surface area contributed by atoms with Crippen LogP contribution in [0.3, 0.4) is 0 Å². The molecular weight excluding hydrogens is 302 g/mol. The summed E-state index contributed by atoms with van der Waals surface area (Å²) < 4.78 is 0. The zero-order valence-corrected chi connectivity index (χ0v) is 14.6. The topological polar surface area (TPSA) is 75.4 Å². The minimum atomic E-state index is -0.0990. The number of amides is 2. The molecule has 0 aliphatic carbocycles. The number of nitrogens with one attached hydrogen (secondary N) is 1. The highest BCUT2D eigenvalue weighted by Gasteiger charge is 2.27. The second-order valence-electron chi connectivity index (χ2n) is 6.43. The highest BCUT2D eigenvalue weighted by Crippen LogP contribution is 2.18. The van der Waals surface area contributed by atoms with E-state index in [1.54, 1.807) is 0 Å². The maximum atomic E-state index is 12.5. The third-order valence-corrected chi connectivity index (χ3v) is 4.65. The van der Waals surface area contributed by atoms with Gasteiger partial charge >= 0.3 is 0 Å². The highest BCUT2D eigenvalue weighted by atomic mass is 16.2. The Kier molecular flexibility index (Phi) is 7.25. The Balaban J connectivity index is 1.81. The number of benzene rings is 1. The van der Waals surface area contributed by atoms with E-state index in [9.17, 15) is 9.59 Å². The summed E-state index contributed by atoms with van der Waals surface area (Å²) in [5, 5.41) is 2.83. The Labute approximate surface area is 144 Å². The first-order valence-corrected chi connectivity index (χ1v) is 8.97. The van der Waals surface area contributed by atoms with E-state index in [0.29, 0.717) is 26.1 Å². The van der Waals surface area contributed by atoms with Gasteiger partial charge in [-0.25, -0.2) is 0 Å². The smallest absolute Gasteiger partial charge is 0.224 e. The fourth-order valence-corrected chi connectivity index (χ4v) is 3.11. The molecule has 2 amide bonds. The summed E-state index contributed by atoms with van der Waals surface area (Å²) in [7, 11) is 0. The molecule has 24 heavy (non-hydrogen) atoms. The van der Waals surface area contributed by atoms with E-state index in [-0.39, 0.29) is 17.7 Å². The van der Waals surface area contributed by atoms with Gasteiger partial charge in [-0.15, -0.1) is 0 Å². The zero-order chi connectivity index (χ0) is 17.4. The Hall–Kier alpha value is -1.88. The van der Waals surface area contributed by atoms with Crippen LogP contribution >= 0.6 is 0 Å². The van der Waals surface area contributed by atoms with Gasteiger partial charge < -0.3 is 16.0 Å². The lowest BCUT2D eigenvalue weighted by Crippen LogP contribution is -2.46. The third-order valence-electron chi connectivity index (χ3n) is 4.65. The van der Waals surface area contributed by atoms with E-state index in [1.807, 2.05) is 4.90 Å². The van der Waals surface area contributed by atoms with Crippen molar-refractivity contribution in [3.05, 3.63) is 35.4 Å². The second-order valence-corrected chi connectivity index (χ2v) is 6.43. The first kappa shape index (κ1) is 18.5. The number of rotatable bonds is 7. The fraction of sp³-hybridized carbons (Fsp3) is 0.579. The molecule has 1 atom stereocenters. The van der Waals surface area contributed by atoms with Crippen LogP contribution in [-0.4, -0.2) is 42.9 Å². The zero-order valence-electron chi connectivity index (χ0n) is 14.6. The van der Waals surface area contributed by atoms with Gasteiger partial charge in [0.2, 0.25) is 11.8 Å². The minimum absolute atomic E-state index is 0.0214. The fourth-order valence-electron chi connectivity index (χ4n) is 3.11. The maximum absolute atomic E-state index is 12.5. The van der Waals surface area contributed by atoms with E-state index in [1.165, 1.54) is 11.1 Å². The Morgan fingerprint density at radius 2 is 1.96 bits per heavy atom. The summed E-state index contributed by atoms with van der Waals surface area (Å²) in [4.78, 5) is 26.4. The average molecular weight is 331 g/mol. The lowest BCUT2D eigenvalue weighted by molar-refractivity contribution is -0.135. The number of hydrogen-bond acceptors (Lipinski definition) is 3. The van der Waals surface area contributed by atoms with E-state index in [0.717, 1.165) is 32.2 Å². The number of nitrogens with zero attached hydrogens (tertiary/aromatic N) is 1. The number of carbonyl (C=O) groups is 2.